The number of nitrogens with zero attached hydrogens (tertiary/aromatic N) is 2. The Morgan fingerprint density at radius 3 is 3.07 bits per heavy atom. The Labute approximate surface area is 93.5 Å². The summed E-state index contributed by atoms with van der Waals surface area (Å²) in [5, 5.41) is 0. The molecule has 0 saturated carbocycles. The van der Waals surface area contributed by atoms with E-state index in [2.05, 4.69) is 38.9 Å². The topological polar surface area (TPSA) is 16.1 Å². The summed E-state index contributed by atoms with van der Waals surface area (Å²) in [6, 6.07) is 4.73. The van der Waals surface area contributed by atoms with E-state index in [-0.39, 0.29) is 0 Å². The summed E-state index contributed by atoms with van der Waals surface area (Å²) < 4.78 is 0.999. The average molecular weight is 255 g/mol. The number of halogens is 1. The number of aromatic nitrogens is 1. The summed E-state index contributed by atoms with van der Waals surface area (Å²) in [7, 11) is 2.20. The van der Waals surface area contributed by atoms with Crippen LogP contribution in [0.4, 0.5) is 0 Å². The van der Waals surface area contributed by atoms with Gasteiger partial charge in [-0.15, -0.1) is 0 Å². The molecule has 0 radical (unpaired) electrons. The smallest absolute Gasteiger partial charge is 0.110 e. The van der Waals surface area contributed by atoms with Gasteiger partial charge < -0.3 is 0 Å². The van der Waals surface area contributed by atoms with Gasteiger partial charge in [0.25, 0.3) is 0 Å². The largest absolute Gasteiger partial charge is 0.299 e. The minimum atomic E-state index is 0.548. The first-order valence-corrected chi connectivity index (χ1v) is 5.89. The molecule has 1 saturated heterocycles. The Morgan fingerprint density at radius 1 is 1.50 bits per heavy atom. The Balaban J connectivity index is 2.25. The predicted octanol–water partition coefficient (Wildman–Crippen LogP) is 3.00. The van der Waals surface area contributed by atoms with E-state index in [1.807, 2.05) is 12.3 Å². The Bertz CT molecular complexity index is 314. The summed E-state index contributed by atoms with van der Waals surface area (Å²) in [4.78, 5) is 6.70. The van der Waals surface area contributed by atoms with Gasteiger partial charge in [0.1, 0.15) is 4.60 Å². The van der Waals surface area contributed by atoms with Crippen molar-refractivity contribution < 1.29 is 0 Å². The molecule has 0 bridgehead atoms. The molecule has 0 spiro atoms. The van der Waals surface area contributed by atoms with Crippen molar-refractivity contribution in [1.82, 2.24) is 9.88 Å². The molecule has 0 unspecified atom stereocenters. The van der Waals surface area contributed by atoms with Crippen LogP contribution in [-0.2, 0) is 0 Å². The van der Waals surface area contributed by atoms with Crippen LogP contribution in [-0.4, -0.2) is 23.5 Å². The second kappa shape index (κ2) is 4.41. The minimum absolute atomic E-state index is 0.548. The predicted molar refractivity (Wildman–Crippen MR) is 61.2 cm³/mol. The molecule has 1 aliphatic heterocycles. The van der Waals surface area contributed by atoms with E-state index in [0.717, 1.165) is 4.60 Å². The van der Waals surface area contributed by atoms with E-state index < -0.39 is 0 Å². The van der Waals surface area contributed by atoms with E-state index in [9.17, 15) is 0 Å². The van der Waals surface area contributed by atoms with E-state index in [0.29, 0.717) is 6.04 Å². The van der Waals surface area contributed by atoms with Gasteiger partial charge in [-0.2, -0.15) is 0 Å². The second-order valence-corrected chi connectivity index (χ2v) is 4.63. The van der Waals surface area contributed by atoms with E-state index in [1.165, 1.54) is 31.4 Å². The molecule has 1 fully saturated rings. The first kappa shape index (κ1) is 10.1. The number of piperidine rings is 1. The Hall–Kier alpha value is -0.410. The molecule has 1 aliphatic rings. The lowest BCUT2D eigenvalue weighted by atomic mass is 9.97. The molecule has 0 aromatic carbocycles. The van der Waals surface area contributed by atoms with Crippen LogP contribution in [0.2, 0.25) is 0 Å². The van der Waals surface area contributed by atoms with Gasteiger partial charge in [-0.3, -0.25) is 4.90 Å². The highest BCUT2D eigenvalue weighted by Crippen LogP contribution is 2.32. The maximum absolute atomic E-state index is 4.28. The molecular formula is C11H15BrN2. The highest BCUT2D eigenvalue weighted by Gasteiger charge is 2.22. The zero-order valence-corrected chi connectivity index (χ0v) is 10.00. The summed E-state index contributed by atoms with van der Waals surface area (Å²) in [5.74, 6) is 0. The standard InChI is InChI=1S/C11H15BrN2/c1-14-8-3-2-6-10(14)9-5-4-7-13-11(9)12/h4-5,7,10H,2-3,6,8H2,1H3/t10-/m1/s1. The zero-order valence-electron chi connectivity index (χ0n) is 8.41. The normalized spacial score (nSPS) is 23.7. The molecule has 2 rings (SSSR count). The number of hydrogen-bond donors (Lipinski definition) is 0. The summed E-state index contributed by atoms with van der Waals surface area (Å²) >= 11 is 3.52. The number of hydrogen-bond acceptors (Lipinski definition) is 2. The third-order valence-electron chi connectivity index (χ3n) is 2.92. The zero-order chi connectivity index (χ0) is 9.97. The number of likely N-dealkylation sites (tertiary alicyclic amines) is 1. The summed E-state index contributed by atoms with van der Waals surface area (Å²) in [5.41, 5.74) is 1.33. The molecule has 14 heavy (non-hydrogen) atoms. The quantitative estimate of drug-likeness (QED) is 0.717. The van der Waals surface area contributed by atoms with Crippen LogP contribution in [0.1, 0.15) is 30.9 Å². The van der Waals surface area contributed by atoms with Crippen molar-refractivity contribution in [3.8, 4) is 0 Å². The van der Waals surface area contributed by atoms with Crippen LogP contribution in [0.25, 0.3) is 0 Å². The SMILES string of the molecule is CN1CCCC[C@@H]1c1cccnc1Br. The molecule has 2 heterocycles. The fourth-order valence-electron chi connectivity index (χ4n) is 2.12. The highest BCUT2D eigenvalue weighted by molar-refractivity contribution is 9.10. The molecule has 0 amide bonds. The van der Waals surface area contributed by atoms with Crippen LogP contribution in [0.5, 0.6) is 0 Å². The van der Waals surface area contributed by atoms with Crippen molar-refractivity contribution in [2.75, 3.05) is 13.6 Å². The van der Waals surface area contributed by atoms with Crippen LogP contribution in [0.3, 0.4) is 0 Å². The molecule has 0 aliphatic carbocycles. The van der Waals surface area contributed by atoms with Gasteiger partial charge in [-0.1, -0.05) is 12.5 Å². The monoisotopic (exact) mass is 254 g/mol. The maximum Gasteiger partial charge on any atom is 0.110 e. The Morgan fingerprint density at radius 2 is 2.36 bits per heavy atom. The third-order valence-corrected chi connectivity index (χ3v) is 3.58. The van der Waals surface area contributed by atoms with Gasteiger partial charge in [-0.25, -0.2) is 4.98 Å². The van der Waals surface area contributed by atoms with Crippen LogP contribution < -0.4 is 0 Å². The van der Waals surface area contributed by atoms with Crippen LogP contribution in [0.15, 0.2) is 22.9 Å². The molecule has 1 aromatic rings. The van der Waals surface area contributed by atoms with E-state index >= 15 is 0 Å². The first-order chi connectivity index (χ1) is 6.79. The van der Waals surface area contributed by atoms with Gasteiger partial charge >= 0.3 is 0 Å². The van der Waals surface area contributed by atoms with Gasteiger partial charge in [0, 0.05) is 17.8 Å². The minimum Gasteiger partial charge on any atom is -0.299 e. The fourth-order valence-corrected chi connectivity index (χ4v) is 2.63. The molecule has 2 nitrogen and oxygen atoms in total. The van der Waals surface area contributed by atoms with E-state index in [4.69, 9.17) is 0 Å². The number of rotatable bonds is 1. The molecule has 1 atom stereocenters. The van der Waals surface area contributed by atoms with E-state index in [1.54, 1.807) is 0 Å². The van der Waals surface area contributed by atoms with Gasteiger partial charge in [0.15, 0.2) is 0 Å². The molecule has 0 N–H and O–H groups in total. The van der Waals surface area contributed by atoms with Crippen molar-refractivity contribution in [2.45, 2.75) is 25.3 Å². The first-order valence-electron chi connectivity index (χ1n) is 5.09. The van der Waals surface area contributed by atoms with Gasteiger partial charge in [0.05, 0.1) is 0 Å². The highest BCUT2D eigenvalue weighted by atomic mass is 79.9. The van der Waals surface area contributed by atoms with Gasteiger partial charge in [-0.05, 0) is 48.4 Å². The maximum atomic E-state index is 4.28. The summed E-state index contributed by atoms with van der Waals surface area (Å²) in [6.45, 7) is 1.20. The summed E-state index contributed by atoms with van der Waals surface area (Å²) in [6.07, 6.45) is 5.73. The van der Waals surface area contributed by atoms with Crippen molar-refractivity contribution in [3.05, 3.63) is 28.5 Å². The Kier molecular flexibility index (Phi) is 3.19. The lowest BCUT2D eigenvalue weighted by molar-refractivity contribution is 0.186. The molecule has 1 aromatic heterocycles. The van der Waals surface area contributed by atoms with Crippen molar-refractivity contribution in [2.24, 2.45) is 0 Å². The third kappa shape index (κ3) is 1.98. The van der Waals surface area contributed by atoms with Gasteiger partial charge in [0.2, 0.25) is 0 Å². The second-order valence-electron chi connectivity index (χ2n) is 3.88. The van der Waals surface area contributed by atoms with Crippen molar-refractivity contribution in [3.63, 3.8) is 0 Å². The number of pyridine rings is 1. The van der Waals surface area contributed by atoms with Crippen LogP contribution >= 0.6 is 15.9 Å². The molecule has 76 valence electrons. The lowest BCUT2D eigenvalue weighted by Gasteiger charge is -2.32. The molecular weight excluding hydrogens is 240 g/mol. The van der Waals surface area contributed by atoms with Crippen molar-refractivity contribution >= 4 is 15.9 Å². The fraction of sp³-hybridized carbons (Fsp3) is 0.545. The lowest BCUT2D eigenvalue weighted by Crippen LogP contribution is -2.29. The average Bonchev–Trinajstić information content (AvgIpc) is 2.20. The molecule has 3 heteroatoms. The van der Waals surface area contributed by atoms with Crippen LogP contribution in [0, 0.1) is 0 Å². The van der Waals surface area contributed by atoms with Crippen molar-refractivity contribution in [1.29, 1.82) is 0 Å².